The Morgan fingerprint density at radius 2 is 1.74 bits per heavy atom. The van der Waals surface area contributed by atoms with Gasteiger partial charge in [0.1, 0.15) is 17.7 Å². The van der Waals surface area contributed by atoms with Crippen molar-refractivity contribution in [3.8, 4) is 5.75 Å². The molecule has 0 heterocycles. The lowest BCUT2D eigenvalue weighted by atomic mass is 9.91. The van der Waals surface area contributed by atoms with E-state index in [1.165, 1.54) is 18.2 Å². The molecule has 0 atom stereocenters. The highest BCUT2D eigenvalue weighted by Gasteiger charge is 2.46. The van der Waals surface area contributed by atoms with Gasteiger partial charge in [-0.25, -0.2) is 13.2 Å². The van der Waals surface area contributed by atoms with E-state index in [1.807, 2.05) is 0 Å². The minimum Gasteiger partial charge on any atom is -0.490 e. The van der Waals surface area contributed by atoms with E-state index in [1.54, 1.807) is 30.3 Å². The Morgan fingerprint density at radius 3 is 2.35 bits per heavy atom. The van der Waals surface area contributed by atoms with Crippen molar-refractivity contribution in [2.75, 3.05) is 5.32 Å². The number of anilines is 1. The first-order chi connectivity index (χ1) is 10.9. The predicted octanol–water partition coefficient (Wildman–Crippen LogP) is 4.25. The monoisotopic (exact) mass is 321 g/mol. The highest BCUT2D eigenvalue weighted by atomic mass is 19.3. The van der Waals surface area contributed by atoms with Gasteiger partial charge in [-0.1, -0.05) is 12.1 Å². The first-order valence-corrected chi connectivity index (χ1v) is 7.13. The van der Waals surface area contributed by atoms with E-state index >= 15 is 0 Å². The molecule has 0 radical (unpaired) electrons. The van der Waals surface area contributed by atoms with Gasteiger partial charge in [0.2, 0.25) is 0 Å². The zero-order chi connectivity index (χ0) is 16.4. The van der Waals surface area contributed by atoms with Crippen molar-refractivity contribution >= 4 is 11.6 Å². The molecule has 2 aromatic carbocycles. The summed E-state index contributed by atoms with van der Waals surface area (Å²) in [6.07, 6.45) is -1.04. The molecule has 120 valence electrons. The number of ether oxygens (including phenoxy) is 1. The van der Waals surface area contributed by atoms with Gasteiger partial charge >= 0.3 is 0 Å². The molecule has 23 heavy (non-hydrogen) atoms. The predicted molar refractivity (Wildman–Crippen MR) is 79.4 cm³/mol. The summed E-state index contributed by atoms with van der Waals surface area (Å²) < 4.78 is 44.4. The Morgan fingerprint density at radius 1 is 1.09 bits per heavy atom. The van der Waals surface area contributed by atoms with E-state index in [9.17, 15) is 18.0 Å². The van der Waals surface area contributed by atoms with Crippen LogP contribution in [0.5, 0.6) is 5.75 Å². The summed E-state index contributed by atoms with van der Waals surface area (Å²) in [6.45, 7) is 0. The van der Waals surface area contributed by atoms with Crippen molar-refractivity contribution < 1.29 is 22.7 Å². The maximum absolute atomic E-state index is 13.5. The van der Waals surface area contributed by atoms with E-state index < -0.39 is 23.8 Å². The third-order valence-corrected chi connectivity index (χ3v) is 3.59. The normalized spacial score (nSPS) is 16.5. The fourth-order valence-electron chi connectivity index (χ4n) is 2.34. The number of alkyl halides is 2. The molecule has 2 aromatic rings. The molecular weight excluding hydrogens is 307 g/mol. The number of carbonyl (C=O) groups is 1. The van der Waals surface area contributed by atoms with E-state index in [4.69, 9.17) is 4.74 Å². The molecule has 0 bridgehead atoms. The number of nitrogens with one attached hydrogen (secondary N) is 1. The first kappa shape index (κ1) is 15.4. The number of halogens is 3. The zero-order valence-electron chi connectivity index (χ0n) is 12.1. The third-order valence-electron chi connectivity index (χ3n) is 3.59. The highest BCUT2D eigenvalue weighted by molar-refractivity contribution is 6.04. The number of hydrogen-bond acceptors (Lipinski definition) is 2. The van der Waals surface area contributed by atoms with Crippen molar-refractivity contribution in [1.29, 1.82) is 0 Å². The molecule has 0 unspecified atom stereocenters. The van der Waals surface area contributed by atoms with Gasteiger partial charge in [-0.05, 0) is 36.4 Å². The Bertz CT molecular complexity index is 708. The third kappa shape index (κ3) is 3.64. The fraction of sp³-hybridized carbons (Fsp3) is 0.235. The minimum absolute atomic E-state index is 0.0514. The van der Waals surface area contributed by atoms with Gasteiger partial charge in [0.15, 0.2) is 0 Å². The smallest absolute Gasteiger partial charge is 0.258 e. The van der Waals surface area contributed by atoms with Crippen LogP contribution >= 0.6 is 0 Å². The summed E-state index contributed by atoms with van der Waals surface area (Å²) in [6, 6.07) is 12.0. The lowest BCUT2D eigenvalue weighted by molar-refractivity contribution is -0.134. The Kier molecular flexibility index (Phi) is 3.98. The van der Waals surface area contributed by atoms with Gasteiger partial charge in [-0.3, -0.25) is 4.79 Å². The summed E-state index contributed by atoms with van der Waals surface area (Å²) in [5.74, 6) is -3.33. The minimum atomic E-state index is -2.63. The SMILES string of the molecule is O=C(Nc1ccc(OC2CC(F)(F)C2)cc1)c1ccccc1F. The molecule has 1 fully saturated rings. The summed E-state index contributed by atoms with van der Waals surface area (Å²) in [7, 11) is 0. The van der Waals surface area contributed by atoms with Crippen LogP contribution in [0.25, 0.3) is 0 Å². The molecule has 3 nitrogen and oxygen atoms in total. The topological polar surface area (TPSA) is 38.3 Å². The maximum atomic E-state index is 13.5. The standard InChI is InChI=1S/C17H14F3NO2/c18-15-4-2-1-3-14(15)16(22)21-11-5-7-12(8-6-11)23-13-9-17(19,20)10-13/h1-8,13H,9-10H2,(H,21,22). The lowest BCUT2D eigenvalue weighted by Crippen LogP contribution is -2.43. The second-order valence-electron chi connectivity index (χ2n) is 5.46. The number of amides is 1. The van der Waals surface area contributed by atoms with Crippen molar-refractivity contribution in [3.63, 3.8) is 0 Å². The zero-order valence-corrected chi connectivity index (χ0v) is 12.1. The summed E-state index contributed by atoms with van der Waals surface area (Å²) in [4.78, 5) is 12.0. The Balaban J connectivity index is 1.59. The average molecular weight is 321 g/mol. The fourth-order valence-corrected chi connectivity index (χ4v) is 2.34. The van der Waals surface area contributed by atoms with Gasteiger partial charge in [0.05, 0.1) is 5.56 Å². The number of rotatable bonds is 4. The van der Waals surface area contributed by atoms with Crippen LogP contribution in [0.1, 0.15) is 23.2 Å². The van der Waals surface area contributed by atoms with Crippen molar-refractivity contribution in [2.45, 2.75) is 24.9 Å². The molecular formula is C17H14F3NO2. The summed E-state index contributed by atoms with van der Waals surface area (Å²) in [5.41, 5.74) is 0.411. The van der Waals surface area contributed by atoms with Crippen molar-refractivity contribution in [3.05, 3.63) is 59.9 Å². The maximum Gasteiger partial charge on any atom is 0.258 e. The van der Waals surface area contributed by atoms with Gasteiger partial charge in [0.25, 0.3) is 11.8 Å². The van der Waals surface area contributed by atoms with Crippen LogP contribution in [0.2, 0.25) is 0 Å². The molecule has 1 N–H and O–H groups in total. The number of hydrogen-bond donors (Lipinski definition) is 1. The second kappa shape index (κ2) is 5.95. The molecule has 6 heteroatoms. The summed E-state index contributed by atoms with van der Waals surface area (Å²) >= 11 is 0. The first-order valence-electron chi connectivity index (χ1n) is 7.13. The molecule has 1 amide bonds. The lowest BCUT2D eigenvalue weighted by Gasteiger charge is -2.34. The number of benzene rings is 2. The van der Waals surface area contributed by atoms with Crippen molar-refractivity contribution in [2.24, 2.45) is 0 Å². The van der Waals surface area contributed by atoms with Crippen LogP contribution in [0.4, 0.5) is 18.9 Å². The van der Waals surface area contributed by atoms with Crippen LogP contribution in [-0.4, -0.2) is 17.9 Å². The van der Waals surface area contributed by atoms with Crippen LogP contribution < -0.4 is 10.1 Å². The Hall–Kier alpha value is -2.50. The molecule has 0 aliphatic heterocycles. The molecule has 0 saturated heterocycles. The molecule has 0 spiro atoms. The average Bonchev–Trinajstić information content (AvgIpc) is 2.48. The Labute approximate surface area is 131 Å². The molecule has 1 aliphatic rings. The van der Waals surface area contributed by atoms with Crippen LogP contribution in [0.15, 0.2) is 48.5 Å². The molecule has 0 aromatic heterocycles. The van der Waals surface area contributed by atoms with Gasteiger partial charge in [-0.2, -0.15) is 0 Å². The summed E-state index contributed by atoms with van der Waals surface area (Å²) in [5, 5.41) is 2.57. The molecule has 3 rings (SSSR count). The van der Waals surface area contributed by atoms with Gasteiger partial charge < -0.3 is 10.1 Å². The largest absolute Gasteiger partial charge is 0.490 e. The van der Waals surface area contributed by atoms with E-state index in [0.29, 0.717) is 11.4 Å². The van der Waals surface area contributed by atoms with Crippen LogP contribution in [0, 0.1) is 5.82 Å². The van der Waals surface area contributed by atoms with Crippen molar-refractivity contribution in [1.82, 2.24) is 0 Å². The number of carbonyl (C=O) groups excluding carboxylic acids is 1. The van der Waals surface area contributed by atoms with Crippen LogP contribution in [-0.2, 0) is 0 Å². The van der Waals surface area contributed by atoms with Crippen LogP contribution in [0.3, 0.4) is 0 Å². The highest BCUT2D eigenvalue weighted by Crippen LogP contribution is 2.39. The van der Waals surface area contributed by atoms with E-state index in [-0.39, 0.29) is 18.4 Å². The van der Waals surface area contributed by atoms with E-state index in [0.717, 1.165) is 0 Å². The molecule has 1 aliphatic carbocycles. The van der Waals surface area contributed by atoms with Gasteiger partial charge in [-0.15, -0.1) is 0 Å². The van der Waals surface area contributed by atoms with Gasteiger partial charge in [0, 0.05) is 18.5 Å². The molecule has 1 saturated carbocycles. The second-order valence-corrected chi connectivity index (χ2v) is 5.46. The van der Waals surface area contributed by atoms with E-state index in [2.05, 4.69) is 5.32 Å². The quantitative estimate of drug-likeness (QED) is 0.914.